The Labute approximate surface area is 365 Å². The fourth-order valence-electron chi connectivity index (χ4n) is 11.0. The van der Waals surface area contributed by atoms with E-state index in [0.29, 0.717) is 12.0 Å². The van der Waals surface area contributed by atoms with Crippen molar-refractivity contribution in [2.45, 2.75) is 62.9 Å². The Bertz CT molecular complexity index is 3080. The predicted molar refractivity (Wildman–Crippen MR) is 262 cm³/mol. The molecule has 0 saturated carbocycles. The minimum atomic E-state index is 0.227. The fraction of sp³-hybridized carbons (Fsp3) is 0.167. The van der Waals surface area contributed by atoms with Gasteiger partial charge in [-0.05, 0) is 125 Å². The number of rotatable bonds is 8. The van der Waals surface area contributed by atoms with Crippen LogP contribution in [0.5, 0.6) is 0 Å². The fourth-order valence-corrected chi connectivity index (χ4v) is 11.0. The normalized spacial score (nSPS) is 20.2. The van der Waals surface area contributed by atoms with Crippen LogP contribution >= 0.6 is 0 Å². The second-order valence-corrected chi connectivity index (χ2v) is 17.7. The van der Waals surface area contributed by atoms with Gasteiger partial charge >= 0.3 is 0 Å². The largest absolute Gasteiger partial charge is 0.338 e. The lowest BCUT2D eigenvalue weighted by molar-refractivity contribution is 0.535. The Morgan fingerprint density at radius 2 is 1.34 bits per heavy atom. The number of benzene rings is 6. The van der Waals surface area contributed by atoms with Crippen molar-refractivity contribution >= 4 is 32.9 Å². The molecule has 0 spiro atoms. The SMILES string of the molecule is C1=CC(n2c3c(c4ccc(C5=CC=C(N(c6ccc(-c7ccccc7)cc6)C6C=CC(C7=CCC(c8ccccc8)C=C7)=CC6)CC5)cc42)-c2cccc4cccc-3c24)CCC1. The summed E-state index contributed by atoms with van der Waals surface area (Å²) in [5.74, 6) is 0.446. The van der Waals surface area contributed by atoms with Crippen molar-refractivity contribution in [2.24, 2.45) is 0 Å². The molecule has 12 rings (SSSR count). The van der Waals surface area contributed by atoms with E-state index in [4.69, 9.17) is 0 Å². The second kappa shape index (κ2) is 15.5. The first-order valence-corrected chi connectivity index (χ1v) is 22.8. The van der Waals surface area contributed by atoms with Crippen LogP contribution in [0.3, 0.4) is 0 Å². The summed E-state index contributed by atoms with van der Waals surface area (Å²) in [4.78, 5) is 2.61. The quantitative estimate of drug-likeness (QED) is 0.139. The van der Waals surface area contributed by atoms with Gasteiger partial charge in [0.1, 0.15) is 0 Å². The second-order valence-electron chi connectivity index (χ2n) is 17.7. The Morgan fingerprint density at radius 1 is 0.597 bits per heavy atom. The molecule has 3 atom stereocenters. The number of hydrogen-bond donors (Lipinski definition) is 0. The standard InChI is InChI=1S/C60H50N2/c1-4-12-41(13-5-1)43-22-24-44(25-23-43)46-28-35-52(36-29-46)61(51-33-26-45(27-34-51)42-14-6-2-7-15-42)53-37-30-47(31-38-53)49-32-39-54-57(40-49)62(50-18-8-3-9-19-50)60-56-21-11-17-48-16-10-20-55(58(48)56)59(54)60/h1-2,4-8,10-18,20-22,24-30,32-35,37,39-40,43,50,52H,3,9,19,23,31,36,38H2. The van der Waals surface area contributed by atoms with Gasteiger partial charge in [0.15, 0.2) is 0 Å². The highest BCUT2D eigenvalue weighted by atomic mass is 15.2. The van der Waals surface area contributed by atoms with E-state index in [2.05, 4.69) is 210 Å². The topological polar surface area (TPSA) is 8.17 Å². The molecular formula is C60H50N2. The Morgan fingerprint density at radius 3 is 2.05 bits per heavy atom. The van der Waals surface area contributed by atoms with Gasteiger partial charge in [-0.15, -0.1) is 0 Å². The lowest BCUT2D eigenvalue weighted by Gasteiger charge is -2.36. The minimum absolute atomic E-state index is 0.227. The molecular weight excluding hydrogens is 749 g/mol. The van der Waals surface area contributed by atoms with E-state index in [1.807, 2.05) is 0 Å². The molecule has 0 aliphatic heterocycles. The molecule has 2 heteroatoms. The summed E-state index contributed by atoms with van der Waals surface area (Å²) in [6.07, 6.45) is 31.7. The van der Waals surface area contributed by atoms with E-state index in [-0.39, 0.29) is 6.04 Å². The molecule has 62 heavy (non-hydrogen) atoms. The van der Waals surface area contributed by atoms with Crippen molar-refractivity contribution in [3.63, 3.8) is 0 Å². The van der Waals surface area contributed by atoms with Crippen LogP contribution in [0.2, 0.25) is 0 Å². The van der Waals surface area contributed by atoms with Crippen molar-refractivity contribution in [1.82, 2.24) is 4.57 Å². The summed E-state index contributed by atoms with van der Waals surface area (Å²) in [6.45, 7) is 0. The maximum absolute atomic E-state index is 2.70. The molecule has 0 fully saturated rings. The van der Waals surface area contributed by atoms with Gasteiger partial charge in [-0.3, -0.25) is 0 Å². The average molecular weight is 799 g/mol. The summed E-state index contributed by atoms with van der Waals surface area (Å²) in [6, 6.07) is 52.4. The molecule has 5 aliphatic carbocycles. The van der Waals surface area contributed by atoms with Gasteiger partial charge in [0.05, 0.1) is 23.3 Å². The zero-order chi connectivity index (χ0) is 41.0. The van der Waals surface area contributed by atoms with Crippen molar-refractivity contribution in [3.8, 4) is 33.5 Å². The summed E-state index contributed by atoms with van der Waals surface area (Å²) < 4.78 is 2.70. The number of fused-ring (bicyclic) bond motifs is 5. The van der Waals surface area contributed by atoms with E-state index in [1.54, 1.807) is 0 Å². The summed E-state index contributed by atoms with van der Waals surface area (Å²) >= 11 is 0. The molecule has 0 bridgehead atoms. The smallest absolute Gasteiger partial charge is 0.0583 e. The summed E-state index contributed by atoms with van der Waals surface area (Å²) in [7, 11) is 0. The van der Waals surface area contributed by atoms with Crippen LogP contribution < -0.4 is 4.90 Å². The molecule has 1 heterocycles. The molecule has 0 N–H and O–H groups in total. The van der Waals surface area contributed by atoms with Gasteiger partial charge in [-0.2, -0.15) is 0 Å². The Kier molecular flexibility index (Phi) is 9.25. The number of allylic oxidation sites excluding steroid dienone is 12. The number of nitrogens with zero attached hydrogens (tertiary/aromatic N) is 2. The molecule has 0 radical (unpaired) electrons. The predicted octanol–water partition coefficient (Wildman–Crippen LogP) is 15.9. The highest BCUT2D eigenvalue weighted by Gasteiger charge is 2.32. The molecule has 3 unspecified atom stereocenters. The lowest BCUT2D eigenvalue weighted by Crippen LogP contribution is -2.34. The van der Waals surface area contributed by atoms with Crippen molar-refractivity contribution in [2.75, 3.05) is 4.90 Å². The minimum Gasteiger partial charge on any atom is -0.338 e. The van der Waals surface area contributed by atoms with Gasteiger partial charge in [0, 0.05) is 33.8 Å². The molecule has 0 saturated heterocycles. The third-order valence-electron chi connectivity index (χ3n) is 14.1. The molecule has 2 nitrogen and oxygen atoms in total. The summed E-state index contributed by atoms with van der Waals surface area (Å²) in [5.41, 5.74) is 18.9. The van der Waals surface area contributed by atoms with Crippen LogP contribution in [0, 0.1) is 0 Å². The first kappa shape index (κ1) is 36.9. The zero-order valence-corrected chi connectivity index (χ0v) is 35.1. The average Bonchev–Trinajstić information content (AvgIpc) is 3.87. The molecule has 7 aromatic rings. The molecule has 1 aromatic heterocycles. The van der Waals surface area contributed by atoms with Crippen molar-refractivity contribution < 1.29 is 0 Å². The molecule has 0 amide bonds. The van der Waals surface area contributed by atoms with Crippen LogP contribution in [0.15, 0.2) is 217 Å². The van der Waals surface area contributed by atoms with E-state index in [1.165, 1.54) is 114 Å². The third-order valence-corrected chi connectivity index (χ3v) is 14.1. The van der Waals surface area contributed by atoms with Crippen molar-refractivity contribution in [1.29, 1.82) is 0 Å². The zero-order valence-electron chi connectivity index (χ0n) is 35.1. The van der Waals surface area contributed by atoms with E-state index in [9.17, 15) is 0 Å². The highest BCUT2D eigenvalue weighted by molar-refractivity contribution is 6.21. The first-order valence-electron chi connectivity index (χ1n) is 22.8. The lowest BCUT2D eigenvalue weighted by atomic mass is 9.86. The van der Waals surface area contributed by atoms with Gasteiger partial charge in [0.2, 0.25) is 0 Å². The van der Waals surface area contributed by atoms with E-state index >= 15 is 0 Å². The van der Waals surface area contributed by atoms with Gasteiger partial charge in [0.25, 0.3) is 0 Å². The highest BCUT2D eigenvalue weighted by Crippen LogP contribution is 2.53. The third kappa shape index (κ3) is 6.40. The van der Waals surface area contributed by atoms with Gasteiger partial charge in [-0.25, -0.2) is 0 Å². The Hall–Kier alpha value is -6.90. The molecule has 5 aliphatic rings. The van der Waals surface area contributed by atoms with E-state index < -0.39 is 0 Å². The monoisotopic (exact) mass is 798 g/mol. The van der Waals surface area contributed by atoms with Gasteiger partial charge in [-0.1, -0.05) is 176 Å². The molecule has 300 valence electrons. The van der Waals surface area contributed by atoms with Crippen LogP contribution in [0.25, 0.3) is 60.8 Å². The first-order chi connectivity index (χ1) is 30.7. The maximum Gasteiger partial charge on any atom is 0.0583 e. The van der Waals surface area contributed by atoms with Crippen LogP contribution in [0.4, 0.5) is 5.69 Å². The summed E-state index contributed by atoms with van der Waals surface area (Å²) in [5, 5.41) is 4.11. The number of anilines is 1. The molecule has 6 aromatic carbocycles. The van der Waals surface area contributed by atoms with Gasteiger partial charge < -0.3 is 9.47 Å². The number of hydrogen-bond acceptors (Lipinski definition) is 1. The number of aromatic nitrogens is 1. The van der Waals surface area contributed by atoms with Crippen molar-refractivity contribution in [3.05, 3.63) is 228 Å². The van der Waals surface area contributed by atoms with E-state index in [0.717, 1.165) is 25.7 Å². The van der Waals surface area contributed by atoms with Crippen LogP contribution in [-0.2, 0) is 0 Å². The van der Waals surface area contributed by atoms with Crippen LogP contribution in [-0.4, -0.2) is 10.6 Å². The maximum atomic E-state index is 2.70. The Balaban J connectivity index is 0.879. The van der Waals surface area contributed by atoms with Crippen LogP contribution in [0.1, 0.15) is 68.0 Å².